The molecule has 0 amide bonds. The molecule has 0 aliphatic heterocycles. The SMILES string of the molecule is CC(C)CC[C@H](CC(=O)O)c1ccc(OC(C)C)cc1. The minimum atomic E-state index is -0.735. The van der Waals surface area contributed by atoms with E-state index in [0.717, 1.165) is 24.2 Å². The fraction of sp³-hybridized carbons (Fsp3) is 0.588. The van der Waals surface area contributed by atoms with Crippen LogP contribution in [0, 0.1) is 5.92 Å². The first-order valence-corrected chi connectivity index (χ1v) is 7.37. The number of hydrogen-bond acceptors (Lipinski definition) is 2. The van der Waals surface area contributed by atoms with E-state index in [2.05, 4.69) is 13.8 Å². The maximum Gasteiger partial charge on any atom is 0.303 e. The van der Waals surface area contributed by atoms with Crippen molar-refractivity contribution >= 4 is 5.97 Å². The van der Waals surface area contributed by atoms with Crippen LogP contribution < -0.4 is 4.74 Å². The summed E-state index contributed by atoms with van der Waals surface area (Å²) in [6.07, 6.45) is 2.30. The van der Waals surface area contributed by atoms with Crippen LogP contribution in [-0.2, 0) is 4.79 Å². The molecule has 1 N–H and O–H groups in total. The third-order valence-corrected chi connectivity index (χ3v) is 3.24. The normalized spacial score (nSPS) is 12.7. The number of benzene rings is 1. The molecule has 0 saturated carbocycles. The fourth-order valence-corrected chi connectivity index (χ4v) is 2.22. The van der Waals surface area contributed by atoms with Crippen molar-refractivity contribution in [3.8, 4) is 5.75 Å². The van der Waals surface area contributed by atoms with Crippen LogP contribution in [-0.4, -0.2) is 17.2 Å². The Labute approximate surface area is 122 Å². The van der Waals surface area contributed by atoms with Crippen molar-refractivity contribution < 1.29 is 14.6 Å². The lowest BCUT2D eigenvalue weighted by Gasteiger charge is -2.17. The van der Waals surface area contributed by atoms with Crippen molar-refractivity contribution in [2.45, 2.75) is 59.0 Å². The second kappa shape index (κ2) is 7.93. The van der Waals surface area contributed by atoms with Gasteiger partial charge in [0.05, 0.1) is 12.5 Å². The maximum atomic E-state index is 11.0. The summed E-state index contributed by atoms with van der Waals surface area (Å²) in [5.74, 6) is 0.779. The zero-order chi connectivity index (χ0) is 15.1. The second-order valence-corrected chi connectivity index (χ2v) is 6.00. The van der Waals surface area contributed by atoms with Crippen LogP contribution in [0.1, 0.15) is 58.4 Å². The van der Waals surface area contributed by atoms with E-state index in [4.69, 9.17) is 9.84 Å². The van der Waals surface area contributed by atoms with Crippen LogP contribution in [0.25, 0.3) is 0 Å². The molecule has 112 valence electrons. The van der Waals surface area contributed by atoms with Gasteiger partial charge in [-0.2, -0.15) is 0 Å². The molecule has 1 atom stereocenters. The number of ether oxygens (including phenoxy) is 1. The Morgan fingerprint density at radius 3 is 2.15 bits per heavy atom. The van der Waals surface area contributed by atoms with Crippen LogP contribution in [0.5, 0.6) is 5.75 Å². The van der Waals surface area contributed by atoms with Gasteiger partial charge in [0.15, 0.2) is 0 Å². The molecule has 1 aromatic rings. The van der Waals surface area contributed by atoms with Crippen LogP contribution in [0.2, 0.25) is 0 Å². The van der Waals surface area contributed by atoms with Crippen molar-refractivity contribution in [2.24, 2.45) is 5.92 Å². The van der Waals surface area contributed by atoms with Gasteiger partial charge in [-0.3, -0.25) is 4.79 Å². The number of carbonyl (C=O) groups is 1. The summed E-state index contributed by atoms with van der Waals surface area (Å²) < 4.78 is 5.61. The van der Waals surface area contributed by atoms with E-state index in [9.17, 15) is 4.79 Å². The lowest BCUT2D eigenvalue weighted by atomic mass is 9.89. The van der Waals surface area contributed by atoms with Crippen molar-refractivity contribution in [3.05, 3.63) is 29.8 Å². The summed E-state index contributed by atoms with van der Waals surface area (Å²) >= 11 is 0. The standard InChI is InChI=1S/C17H26O3/c1-12(2)5-6-15(11-17(18)19)14-7-9-16(10-8-14)20-13(3)4/h7-10,12-13,15H,5-6,11H2,1-4H3,(H,18,19)/t15-/m1/s1. The van der Waals surface area contributed by atoms with Gasteiger partial charge in [-0.05, 0) is 49.8 Å². The number of carboxylic acids is 1. The van der Waals surface area contributed by atoms with E-state index in [1.165, 1.54) is 0 Å². The summed E-state index contributed by atoms with van der Waals surface area (Å²) in [7, 11) is 0. The zero-order valence-corrected chi connectivity index (χ0v) is 12.9. The van der Waals surface area contributed by atoms with Crippen molar-refractivity contribution in [2.75, 3.05) is 0 Å². The van der Waals surface area contributed by atoms with E-state index in [-0.39, 0.29) is 18.4 Å². The molecule has 3 nitrogen and oxygen atoms in total. The summed E-state index contributed by atoms with van der Waals surface area (Å²) in [4.78, 5) is 11.0. The summed E-state index contributed by atoms with van der Waals surface area (Å²) in [6.45, 7) is 8.31. The molecule has 0 radical (unpaired) electrons. The van der Waals surface area contributed by atoms with E-state index < -0.39 is 5.97 Å². The number of aliphatic carboxylic acids is 1. The number of hydrogen-bond donors (Lipinski definition) is 1. The number of rotatable bonds is 8. The van der Waals surface area contributed by atoms with Gasteiger partial charge in [0.1, 0.15) is 5.75 Å². The van der Waals surface area contributed by atoms with Gasteiger partial charge >= 0.3 is 5.97 Å². The molecular formula is C17H26O3. The third-order valence-electron chi connectivity index (χ3n) is 3.24. The topological polar surface area (TPSA) is 46.5 Å². The molecule has 0 aromatic heterocycles. The molecule has 20 heavy (non-hydrogen) atoms. The van der Waals surface area contributed by atoms with Crippen molar-refractivity contribution in [1.29, 1.82) is 0 Å². The molecule has 3 heteroatoms. The molecule has 0 bridgehead atoms. The highest BCUT2D eigenvalue weighted by Crippen LogP contribution is 2.28. The zero-order valence-electron chi connectivity index (χ0n) is 12.9. The minimum absolute atomic E-state index is 0.0861. The van der Waals surface area contributed by atoms with E-state index in [1.807, 2.05) is 38.1 Å². The first kappa shape index (κ1) is 16.5. The van der Waals surface area contributed by atoms with Gasteiger partial charge < -0.3 is 9.84 Å². The van der Waals surface area contributed by atoms with Gasteiger partial charge in [0, 0.05) is 0 Å². The Morgan fingerprint density at radius 2 is 1.70 bits per heavy atom. The molecule has 0 spiro atoms. The lowest BCUT2D eigenvalue weighted by molar-refractivity contribution is -0.137. The van der Waals surface area contributed by atoms with Crippen LogP contribution in [0.4, 0.5) is 0 Å². The lowest BCUT2D eigenvalue weighted by Crippen LogP contribution is -2.08. The summed E-state index contributed by atoms with van der Waals surface area (Å²) in [5, 5.41) is 9.06. The highest BCUT2D eigenvalue weighted by molar-refractivity contribution is 5.68. The predicted molar refractivity (Wildman–Crippen MR) is 81.3 cm³/mol. The predicted octanol–water partition coefficient (Wildman–Crippen LogP) is 4.47. The molecular weight excluding hydrogens is 252 g/mol. The first-order chi connectivity index (χ1) is 9.38. The molecule has 0 fully saturated rings. The van der Waals surface area contributed by atoms with Crippen LogP contribution in [0.3, 0.4) is 0 Å². The smallest absolute Gasteiger partial charge is 0.303 e. The molecule has 0 unspecified atom stereocenters. The van der Waals surface area contributed by atoms with E-state index in [0.29, 0.717) is 5.92 Å². The first-order valence-electron chi connectivity index (χ1n) is 7.37. The fourth-order valence-electron chi connectivity index (χ4n) is 2.22. The van der Waals surface area contributed by atoms with Crippen molar-refractivity contribution in [1.82, 2.24) is 0 Å². The Morgan fingerprint density at radius 1 is 1.10 bits per heavy atom. The minimum Gasteiger partial charge on any atom is -0.491 e. The van der Waals surface area contributed by atoms with E-state index in [1.54, 1.807) is 0 Å². The van der Waals surface area contributed by atoms with Gasteiger partial charge in [-0.15, -0.1) is 0 Å². The summed E-state index contributed by atoms with van der Waals surface area (Å²) in [5.41, 5.74) is 1.09. The molecule has 0 saturated heterocycles. The van der Waals surface area contributed by atoms with Gasteiger partial charge in [-0.25, -0.2) is 0 Å². The van der Waals surface area contributed by atoms with E-state index >= 15 is 0 Å². The molecule has 1 rings (SSSR count). The van der Waals surface area contributed by atoms with Crippen LogP contribution >= 0.6 is 0 Å². The van der Waals surface area contributed by atoms with Crippen molar-refractivity contribution in [3.63, 3.8) is 0 Å². The molecule has 0 aliphatic rings. The highest BCUT2D eigenvalue weighted by atomic mass is 16.5. The Bertz CT molecular complexity index is 407. The highest BCUT2D eigenvalue weighted by Gasteiger charge is 2.16. The average Bonchev–Trinajstić information content (AvgIpc) is 2.34. The molecule has 1 aromatic carbocycles. The Balaban J connectivity index is 2.76. The van der Waals surface area contributed by atoms with Gasteiger partial charge in [-0.1, -0.05) is 32.4 Å². The van der Waals surface area contributed by atoms with Gasteiger partial charge in [0.2, 0.25) is 0 Å². The quantitative estimate of drug-likeness (QED) is 0.763. The molecule has 0 aliphatic carbocycles. The second-order valence-electron chi connectivity index (χ2n) is 6.00. The average molecular weight is 278 g/mol. The number of carboxylic acid groups (broad SMARTS) is 1. The third kappa shape index (κ3) is 6.09. The Hall–Kier alpha value is -1.51. The largest absolute Gasteiger partial charge is 0.491 e. The van der Waals surface area contributed by atoms with Crippen LogP contribution in [0.15, 0.2) is 24.3 Å². The monoisotopic (exact) mass is 278 g/mol. The Kier molecular flexibility index (Phi) is 6.56. The van der Waals surface area contributed by atoms with Gasteiger partial charge in [0.25, 0.3) is 0 Å². The summed E-state index contributed by atoms with van der Waals surface area (Å²) in [6, 6.07) is 7.84. The molecule has 0 heterocycles. The maximum absolute atomic E-state index is 11.0.